The van der Waals surface area contributed by atoms with Crippen LogP contribution in [-0.2, 0) is 0 Å². The summed E-state index contributed by atoms with van der Waals surface area (Å²) in [5.41, 5.74) is 0. The second-order valence-electron chi connectivity index (χ2n) is 3.30. The largest absolute Gasteiger partial charge is 1.00 e. The van der Waals surface area contributed by atoms with Gasteiger partial charge in [0.1, 0.15) is 19.3 Å². The van der Waals surface area contributed by atoms with Gasteiger partial charge in [0.15, 0.2) is 12.4 Å². The highest BCUT2D eigenvalue weighted by atomic mass is 35.5. The van der Waals surface area contributed by atoms with E-state index in [9.17, 15) is 0 Å². The molecule has 1 aliphatic heterocycles. The van der Waals surface area contributed by atoms with Crippen molar-refractivity contribution in [3.05, 3.63) is 42.9 Å². The van der Waals surface area contributed by atoms with Crippen LogP contribution in [0.5, 0.6) is 0 Å². The van der Waals surface area contributed by atoms with Crippen LogP contribution in [0.15, 0.2) is 48.0 Å². The fourth-order valence-electron chi connectivity index (χ4n) is 1.35. The Bertz CT molecular complexity index is 290. The van der Waals surface area contributed by atoms with Crippen molar-refractivity contribution >= 4 is 18.1 Å². The second-order valence-corrected chi connectivity index (χ2v) is 3.30. The Labute approximate surface area is 132 Å². The third-order valence-electron chi connectivity index (χ3n) is 2.45. The first kappa shape index (κ1) is 23.4. The van der Waals surface area contributed by atoms with Crippen LogP contribution in [0.4, 0.5) is 0 Å². The molecule has 0 saturated heterocycles. The van der Waals surface area contributed by atoms with Gasteiger partial charge in [0.2, 0.25) is 0 Å². The van der Waals surface area contributed by atoms with E-state index >= 15 is 0 Å². The topological polar surface area (TPSA) is 46.7 Å². The SMILES string of the molecule is CC[N+]1(CC)C=CC=N1.OCl.[Cl-].[Cl-].c1cc[nH+]cc1. The van der Waals surface area contributed by atoms with Gasteiger partial charge < -0.3 is 24.8 Å². The fourth-order valence-corrected chi connectivity index (χ4v) is 1.35. The van der Waals surface area contributed by atoms with E-state index in [1.807, 2.05) is 42.9 Å². The summed E-state index contributed by atoms with van der Waals surface area (Å²) in [4.78, 5) is 2.89. The van der Waals surface area contributed by atoms with E-state index in [1.165, 1.54) is 0 Å². The van der Waals surface area contributed by atoms with Crippen LogP contribution >= 0.6 is 11.9 Å². The zero-order valence-corrected chi connectivity index (χ0v) is 13.3. The summed E-state index contributed by atoms with van der Waals surface area (Å²) < 4.78 is 7.25. The molecule has 1 aromatic rings. The Morgan fingerprint density at radius 2 is 1.58 bits per heavy atom. The number of H-pyrrole nitrogens is 1. The van der Waals surface area contributed by atoms with Gasteiger partial charge in [-0.1, -0.05) is 11.2 Å². The van der Waals surface area contributed by atoms with Gasteiger partial charge in [-0.3, -0.25) is 4.66 Å². The number of aromatic amines is 1. The molecule has 19 heavy (non-hydrogen) atoms. The van der Waals surface area contributed by atoms with Crippen LogP contribution in [0.1, 0.15) is 13.8 Å². The summed E-state index contributed by atoms with van der Waals surface area (Å²) in [6, 6.07) is 5.86. The lowest BCUT2D eigenvalue weighted by Crippen LogP contribution is -3.00. The second kappa shape index (κ2) is 15.4. The molecule has 1 aliphatic rings. The smallest absolute Gasteiger partial charge is 0.166 e. The number of allylic oxidation sites excluding steroid dienone is 1. The molecule has 0 saturated carbocycles. The fraction of sp³-hybridized carbons (Fsp3) is 0.333. The Kier molecular flexibility index (Phi) is 19.0. The lowest BCUT2D eigenvalue weighted by molar-refractivity contribution is -0.880. The maximum atomic E-state index is 6.47. The third kappa shape index (κ3) is 9.87. The highest BCUT2D eigenvalue weighted by Gasteiger charge is 2.20. The van der Waals surface area contributed by atoms with Crippen molar-refractivity contribution in [2.75, 3.05) is 13.1 Å². The number of halogens is 3. The predicted molar refractivity (Wildman–Crippen MR) is 70.0 cm³/mol. The molecule has 0 aliphatic carbocycles. The zero-order chi connectivity index (χ0) is 13.0. The summed E-state index contributed by atoms with van der Waals surface area (Å²) in [6.07, 6.45) is 9.75. The maximum absolute atomic E-state index is 6.47. The van der Waals surface area contributed by atoms with Crippen LogP contribution in [0, 0.1) is 0 Å². The van der Waals surface area contributed by atoms with Crippen molar-refractivity contribution in [3.63, 3.8) is 0 Å². The number of hydrogen-bond donors (Lipinski definition) is 1. The standard InChI is InChI=1S/C7H13N2.C5H5N.ClHO.2ClH/c1-3-9(4-2)7-5-6-8-9;1-2-4-6-5-3-1;1-2;;/h5-7H,3-4H2,1-2H3;1-5H;2H;2*1H/q+1;;;;/p-1. The molecule has 1 aromatic heterocycles. The minimum absolute atomic E-state index is 0. The quantitative estimate of drug-likeness (QED) is 0.553. The molecule has 0 radical (unpaired) electrons. The summed E-state index contributed by atoms with van der Waals surface area (Å²) in [7, 11) is 0. The molecule has 2 N–H and O–H groups in total. The van der Waals surface area contributed by atoms with Crippen molar-refractivity contribution in [1.82, 2.24) is 0 Å². The Morgan fingerprint density at radius 1 is 1.05 bits per heavy atom. The van der Waals surface area contributed by atoms with Gasteiger partial charge in [0.05, 0.1) is 18.1 Å². The van der Waals surface area contributed by atoms with Gasteiger partial charge in [0.25, 0.3) is 0 Å². The summed E-state index contributed by atoms with van der Waals surface area (Å²) in [5.74, 6) is 0. The highest BCUT2D eigenvalue weighted by Crippen LogP contribution is 2.11. The molecule has 2 heterocycles. The maximum Gasteiger partial charge on any atom is 0.166 e. The molecule has 2 rings (SSSR count). The van der Waals surface area contributed by atoms with Gasteiger partial charge in [-0.25, -0.2) is 4.98 Å². The molecule has 0 bridgehead atoms. The molecule has 0 spiro atoms. The highest BCUT2D eigenvalue weighted by molar-refractivity contribution is 6.04. The molecule has 0 aromatic carbocycles. The van der Waals surface area contributed by atoms with E-state index in [4.69, 9.17) is 4.66 Å². The van der Waals surface area contributed by atoms with Crippen molar-refractivity contribution in [3.8, 4) is 0 Å². The molecular formula is C12H20Cl3N3O. The normalized spacial score (nSPS) is 12.8. The number of pyridine rings is 1. The summed E-state index contributed by atoms with van der Waals surface area (Å²) in [6.45, 7) is 6.42. The molecular weight excluding hydrogens is 309 g/mol. The number of nitrogens with zero attached hydrogens (tertiary/aromatic N) is 2. The van der Waals surface area contributed by atoms with Crippen LogP contribution in [0.3, 0.4) is 0 Å². The van der Waals surface area contributed by atoms with Gasteiger partial charge in [-0.05, 0) is 13.8 Å². The zero-order valence-electron chi connectivity index (χ0n) is 11.0. The van der Waals surface area contributed by atoms with Gasteiger partial charge in [-0.2, -0.15) is 4.59 Å². The molecule has 0 atom stereocenters. The minimum atomic E-state index is 0. The molecule has 4 nitrogen and oxygen atoms in total. The first-order valence-corrected chi connectivity index (χ1v) is 5.85. The third-order valence-corrected chi connectivity index (χ3v) is 2.45. The molecule has 7 heteroatoms. The van der Waals surface area contributed by atoms with Gasteiger partial charge in [0, 0.05) is 18.2 Å². The monoisotopic (exact) mass is 327 g/mol. The molecule has 0 amide bonds. The molecule has 110 valence electrons. The van der Waals surface area contributed by atoms with E-state index in [2.05, 4.69) is 42.0 Å². The van der Waals surface area contributed by atoms with Gasteiger partial charge in [-0.15, -0.1) is 0 Å². The molecule has 0 unspecified atom stereocenters. The van der Waals surface area contributed by atoms with Crippen molar-refractivity contribution in [2.24, 2.45) is 5.10 Å². The first-order chi connectivity index (χ1) is 8.33. The van der Waals surface area contributed by atoms with E-state index in [0.29, 0.717) is 0 Å². The van der Waals surface area contributed by atoms with E-state index in [0.717, 1.165) is 17.7 Å². The van der Waals surface area contributed by atoms with E-state index < -0.39 is 0 Å². The minimum Gasteiger partial charge on any atom is -1.00 e. The van der Waals surface area contributed by atoms with Gasteiger partial charge >= 0.3 is 0 Å². The Balaban J connectivity index is -0.000000227. The summed E-state index contributed by atoms with van der Waals surface area (Å²) >= 11 is 3.64. The van der Waals surface area contributed by atoms with Crippen molar-refractivity contribution < 1.29 is 39.0 Å². The molecule has 0 fully saturated rings. The average Bonchev–Trinajstić information content (AvgIpc) is 2.93. The lowest BCUT2D eigenvalue weighted by Gasteiger charge is -2.21. The average molecular weight is 329 g/mol. The van der Waals surface area contributed by atoms with E-state index in [-0.39, 0.29) is 24.8 Å². The predicted octanol–water partition coefficient (Wildman–Crippen LogP) is -4.00. The number of quaternary nitrogens is 1. The van der Waals surface area contributed by atoms with E-state index in [1.54, 1.807) is 0 Å². The van der Waals surface area contributed by atoms with Crippen LogP contribution in [-0.4, -0.2) is 28.6 Å². The Hall–Kier alpha value is -0.650. The summed E-state index contributed by atoms with van der Waals surface area (Å²) in [5, 5.41) is 4.31. The van der Waals surface area contributed by atoms with Crippen LogP contribution < -0.4 is 29.8 Å². The van der Waals surface area contributed by atoms with Crippen LogP contribution in [0.2, 0.25) is 0 Å². The lowest BCUT2D eigenvalue weighted by atomic mass is 10.5. The number of rotatable bonds is 2. The number of hydrogen-bond acceptors (Lipinski definition) is 2. The Morgan fingerprint density at radius 3 is 1.74 bits per heavy atom. The number of nitrogens with one attached hydrogen (secondary N) is 1. The van der Waals surface area contributed by atoms with Crippen molar-refractivity contribution in [1.29, 1.82) is 0 Å². The first-order valence-electron chi connectivity index (χ1n) is 5.51. The van der Waals surface area contributed by atoms with Crippen LogP contribution in [0.25, 0.3) is 0 Å². The number of aromatic nitrogens is 1. The van der Waals surface area contributed by atoms with Crippen molar-refractivity contribution in [2.45, 2.75) is 13.8 Å².